The molecule has 0 fully saturated rings. The van der Waals surface area contributed by atoms with Crippen LogP contribution in [-0.2, 0) is 4.57 Å². The van der Waals surface area contributed by atoms with Crippen molar-refractivity contribution < 1.29 is 9.67 Å². The monoisotopic (exact) mass is 133 g/mol. The van der Waals surface area contributed by atoms with Crippen LogP contribution in [0.25, 0.3) is 0 Å². The van der Waals surface area contributed by atoms with Crippen molar-refractivity contribution in [1.29, 1.82) is 0 Å². The molecule has 0 rings (SSSR count). The van der Waals surface area contributed by atoms with Gasteiger partial charge in [-0.15, -0.1) is 0 Å². The van der Waals surface area contributed by atoms with Crippen LogP contribution in [0.1, 0.15) is 0 Å². The van der Waals surface area contributed by atoms with Gasteiger partial charge < -0.3 is 0 Å². The molecule has 1 atom stereocenters. The van der Waals surface area contributed by atoms with E-state index in [1.54, 1.807) is 14.1 Å². The van der Waals surface area contributed by atoms with E-state index in [4.69, 9.17) is 5.11 Å². The number of aliphatic hydroxyl groups excluding tert-OH is 1. The van der Waals surface area contributed by atoms with Crippen molar-refractivity contribution in [3.05, 3.63) is 0 Å². The van der Waals surface area contributed by atoms with Crippen molar-refractivity contribution in [3.8, 4) is 5.63 Å². The van der Waals surface area contributed by atoms with Crippen LogP contribution in [0.5, 0.6) is 0 Å². The Morgan fingerprint density at radius 1 is 1.75 bits per heavy atom. The molecule has 1 N–H and O–H groups in total. The Morgan fingerprint density at radius 3 is 2.38 bits per heavy atom. The molecule has 1 unspecified atom stereocenters. The average molecular weight is 133 g/mol. The average Bonchev–Trinajstić information content (AvgIpc) is 1.67. The predicted molar refractivity (Wildman–Crippen MR) is 31.2 cm³/mol. The van der Waals surface area contributed by atoms with Crippen LogP contribution in [0.4, 0.5) is 0 Å². The van der Waals surface area contributed by atoms with Gasteiger partial charge in [0.05, 0.1) is 0 Å². The van der Waals surface area contributed by atoms with E-state index < -0.39 is 6.23 Å². The van der Waals surface area contributed by atoms with E-state index in [2.05, 4.69) is 5.63 Å². The quantitative estimate of drug-likeness (QED) is 0.408. The summed E-state index contributed by atoms with van der Waals surface area (Å²) in [7, 11) is 3.08. The fourth-order valence-corrected chi connectivity index (χ4v) is 0.488. The summed E-state index contributed by atoms with van der Waals surface area (Å²) >= 11 is 0. The van der Waals surface area contributed by atoms with Crippen LogP contribution in [0.15, 0.2) is 0 Å². The van der Waals surface area contributed by atoms with Crippen molar-refractivity contribution in [2.75, 3.05) is 14.1 Å². The first-order chi connectivity index (χ1) is 3.68. The number of hydrogen-bond donors (Lipinski definition) is 1. The fraction of sp³-hybridized carbons (Fsp3) is 0.750. The van der Waals surface area contributed by atoms with E-state index in [1.807, 2.05) is 0 Å². The Kier molecular flexibility index (Phi) is 3.84. The Hall–Kier alpha value is -0.0700. The molecule has 3 nitrogen and oxygen atoms in total. The normalized spacial score (nSPS) is 13.0. The van der Waals surface area contributed by atoms with Crippen LogP contribution < -0.4 is 0 Å². The molecule has 0 amide bonds. The van der Waals surface area contributed by atoms with Gasteiger partial charge in [-0.1, -0.05) is 0 Å². The van der Waals surface area contributed by atoms with Gasteiger partial charge in [0.15, 0.2) is 0 Å². The predicted octanol–water partition coefficient (Wildman–Crippen LogP) is 0.117. The van der Waals surface area contributed by atoms with E-state index in [1.165, 1.54) is 4.90 Å². The van der Waals surface area contributed by atoms with Crippen LogP contribution in [-0.4, -0.2) is 30.3 Å². The molecular formula is C4H8NO2P. The van der Waals surface area contributed by atoms with E-state index in [0.717, 1.165) is 0 Å². The third-order valence-electron chi connectivity index (χ3n) is 0.657. The van der Waals surface area contributed by atoms with Gasteiger partial charge in [0.1, 0.15) is 0 Å². The number of aliphatic hydroxyl groups is 1. The fourth-order valence-electron chi connectivity index (χ4n) is 0.163. The Labute approximate surface area is 49.4 Å². The van der Waals surface area contributed by atoms with Crippen molar-refractivity contribution >= 4 is 7.92 Å². The topological polar surface area (TPSA) is 40.5 Å². The Bertz CT molecular complexity index is 148. The SMILES string of the molecule is CN(C)C(O)C#P=O. The molecule has 8 heavy (non-hydrogen) atoms. The van der Waals surface area contributed by atoms with E-state index >= 15 is 0 Å². The van der Waals surface area contributed by atoms with E-state index in [9.17, 15) is 4.57 Å². The zero-order valence-corrected chi connectivity index (χ0v) is 5.72. The summed E-state index contributed by atoms with van der Waals surface area (Å²) in [6.45, 7) is 0. The Morgan fingerprint density at radius 2 is 2.25 bits per heavy atom. The number of rotatable bonds is 1. The van der Waals surface area contributed by atoms with Gasteiger partial charge in [-0.2, -0.15) is 0 Å². The first-order valence-corrected chi connectivity index (χ1v) is 2.92. The van der Waals surface area contributed by atoms with Crippen LogP contribution >= 0.6 is 7.92 Å². The second-order valence-corrected chi connectivity index (χ2v) is 2.00. The molecule has 0 aliphatic rings. The zero-order chi connectivity index (χ0) is 6.57. The molecule has 0 aliphatic carbocycles. The molecule has 4 heteroatoms. The second kappa shape index (κ2) is 3.88. The summed E-state index contributed by atoms with van der Waals surface area (Å²) < 4.78 is 9.72. The van der Waals surface area contributed by atoms with Crippen LogP contribution in [0, 0.1) is 5.63 Å². The molecule has 0 bridgehead atoms. The Balaban J connectivity index is 3.76. The molecule has 0 saturated carbocycles. The van der Waals surface area contributed by atoms with Gasteiger partial charge in [-0.25, -0.2) is 0 Å². The van der Waals surface area contributed by atoms with Gasteiger partial charge in [0, 0.05) is 0 Å². The van der Waals surface area contributed by atoms with Crippen molar-refractivity contribution in [2.45, 2.75) is 6.23 Å². The summed E-state index contributed by atoms with van der Waals surface area (Å²) in [6, 6.07) is 0. The molecule has 0 saturated heterocycles. The second-order valence-electron chi connectivity index (χ2n) is 1.56. The van der Waals surface area contributed by atoms with Gasteiger partial charge in [0.25, 0.3) is 0 Å². The first kappa shape index (κ1) is 7.93. The minimum atomic E-state index is -0.825. The first-order valence-electron chi connectivity index (χ1n) is 2.11. The van der Waals surface area contributed by atoms with Crippen LogP contribution in [0.2, 0.25) is 0 Å². The summed E-state index contributed by atoms with van der Waals surface area (Å²) in [5.74, 6) is 0. The number of nitrogens with zero attached hydrogens (tertiary/aromatic N) is 1. The van der Waals surface area contributed by atoms with Gasteiger partial charge in [-0.3, -0.25) is 0 Å². The van der Waals surface area contributed by atoms with Crippen molar-refractivity contribution in [2.24, 2.45) is 0 Å². The molecular weight excluding hydrogens is 125 g/mol. The van der Waals surface area contributed by atoms with Crippen LogP contribution in [0.3, 0.4) is 0 Å². The zero-order valence-electron chi connectivity index (χ0n) is 4.83. The van der Waals surface area contributed by atoms with Gasteiger partial charge >= 0.3 is 48.4 Å². The van der Waals surface area contributed by atoms with Gasteiger partial charge in [-0.05, 0) is 0 Å². The molecule has 0 aromatic rings. The molecule has 0 aliphatic heterocycles. The summed E-state index contributed by atoms with van der Waals surface area (Å²) in [5, 5.41) is 8.73. The number of hydrogen-bond acceptors (Lipinski definition) is 3. The van der Waals surface area contributed by atoms with Gasteiger partial charge in [0.2, 0.25) is 0 Å². The van der Waals surface area contributed by atoms with E-state index in [0.29, 0.717) is 0 Å². The maximum atomic E-state index is 9.72. The molecule has 0 spiro atoms. The maximum absolute atomic E-state index is 9.72. The molecule has 0 radical (unpaired) electrons. The molecule has 0 aromatic heterocycles. The van der Waals surface area contributed by atoms with Crippen molar-refractivity contribution in [3.63, 3.8) is 0 Å². The summed E-state index contributed by atoms with van der Waals surface area (Å²) in [5.41, 5.74) is 2.24. The minimum absolute atomic E-state index is 0.257. The van der Waals surface area contributed by atoms with E-state index in [-0.39, 0.29) is 7.92 Å². The third-order valence-corrected chi connectivity index (χ3v) is 0.994. The summed E-state index contributed by atoms with van der Waals surface area (Å²) in [4.78, 5) is 1.49. The molecule has 0 heterocycles. The third kappa shape index (κ3) is 3.00. The molecule has 46 valence electrons. The van der Waals surface area contributed by atoms with Crippen molar-refractivity contribution in [1.82, 2.24) is 4.90 Å². The standard InChI is InChI=1S/C4H8NO2P/c1-5(2)4(6)3-8-7/h4,6H,1-2H3. The summed E-state index contributed by atoms with van der Waals surface area (Å²) in [6.07, 6.45) is -0.825. The molecule has 0 aromatic carbocycles.